The van der Waals surface area contributed by atoms with Gasteiger partial charge >= 0.3 is 12.1 Å². The monoisotopic (exact) mass is 197 g/mol. The first-order valence-electron chi connectivity index (χ1n) is 4.08. The van der Waals surface area contributed by atoms with Gasteiger partial charge in [-0.05, 0) is 20.3 Å². The molecule has 0 saturated carbocycles. The Morgan fingerprint density at radius 2 is 1.77 bits per heavy atom. The predicted octanol–water partition coefficient (Wildman–Crippen LogP) is 2.24. The van der Waals surface area contributed by atoms with E-state index in [1.165, 1.54) is 0 Å². The van der Waals surface area contributed by atoms with Crippen molar-refractivity contribution >= 4 is 5.91 Å². The molecule has 1 amide bonds. The van der Waals surface area contributed by atoms with Crippen molar-refractivity contribution in [2.45, 2.75) is 45.3 Å². The minimum atomic E-state index is -4.79. The van der Waals surface area contributed by atoms with Crippen molar-refractivity contribution in [1.82, 2.24) is 5.32 Å². The largest absolute Gasteiger partial charge is 0.471 e. The number of amides is 1. The van der Waals surface area contributed by atoms with Gasteiger partial charge in [0.15, 0.2) is 0 Å². The lowest BCUT2D eigenvalue weighted by Crippen LogP contribution is -2.49. The highest BCUT2D eigenvalue weighted by molar-refractivity contribution is 5.82. The van der Waals surface area contributed by atoms with Crippen LogP contribution < -0.4 is 5.32 Å². The predicted molar refractivity (Wildman–Crippen MR) is 43.2 cm³/mol. The van der Waals surface area contributed by atoms with Gasteiger partial charge in [0, 0.05) is 5.54 Å². The van der Waals surface area contributed by atoms with Crippen LogP contribution >= 0.6 is 0 Å². The SMILES string of the molecule is CCCC(C)(C)NC(=O)C(F)(F)F. The molecule has 0 atom stereocenters. The first-order valence-corrected chi connectivity index (χ1v) is 4.08. The van der Waals surface area contributed by atoms with Crippen LogP contribution in [0.5, 0.6) is 0 Å². The van der Waals surface area contributed by atoms with Gasteiger partial charge in [-0.3, -0.25) is 4.79 Å². The van der Waals surface area contributed by atoms with E-state index in [4.69, 9.17) is 0 Å². The summed E-state index contributed by atoms with van der Waals surface area (Å²) in [6, 6.07) is 0. The molecule has 1 N–H and O–H groups in total. The Hall–Kier alpha value is -0.740. The summed E-state index contributed by atoms with van der Waals surface area (Å²) in [6.07, 6.45) is -3.54. The Labute approximate surface area is 75.5 Å². The number of rotatable bonds is 3. The molecule has 0 aliphatic rings. The molecule has 5 heteroatoms. The average Bonchev–Trinajstić information content (AvgIpc) is 1.83. The Morgan fingerprint density at radius 1 is 1.31 bits per heavy atom. The van der Waals surface area contributed by atoms with Crippen LogP contribution in [0.1, 0.15) is 33.6 Å². The Morgan fingerprint density at radius 3 is 2.08 bits per heavy atom. The topological polar surface area (TPSA) is 29.1 Å². The minimum absolute atomic E-state index is 0.523. The molecule has 0 aromatic rings. The zero-order chi connectivity index (χ0) is 10.7. The summed E-state index contributed by atoms with van der Waals surface area (Å²) in [5.74, 6) is -1.87. The van der Waals surface area contributed by atoms with Gasteiger partial charge in [0.05, 0.1) is 0 Å². The molecule has 78 valence electrons. The van der Waals surface area contributed by atoms with Gasteiger partial charge in [0.25, 0.3) is 0 Å². The molecule has 0 radical (unpaired) electrons. The summed E-state index contributed by atoms with van der Waals surface area (Å²) >= 11 is 0. The van der Waals surface area contributed by atoms with Crippen LogP contribution in [-0.2, 0) is 4.79 Å². The summed E-state index contributed by atoms with van der Waals surface area (Å²) in [6.45, 7) is 4.99. The number of carbonyl (C=O) groups is 1. The van der Waals surface area contributed by atoms with Crippen LogP contribution in [0.4, 0.5) is 13.2 Å². The zero-order valence-electron chi connectivity index (χ0n) is 7.96. The van der Waals surface area contributed by atoms with Crippen molar-refractivity contribution in [1.29, 1.82) is 0 Å². The lowest BCUT2D eigenvalue weighted by Gasteiger charge is -2.26. The fourth-order valence-corrected chi connectivity index (χ4v) is 1.07. The second-order valence-electron chi connectivity index (χ2n) is 3.59. The highest BCUT2D eigenvalue weighted by Gasteiger charge is 2.40. The van der Waals surface area contributed by atoms with E-state index in [9.17, 15) is 18.0 Å². The quantitative estimate of drug-likeness (QED) is 0.738. The smallest absolute Gasteiger partial charge is 0.343 e. The van der Waals surface area contributed by atoms with Crippen molar-refractivity contribution in [3.63, 3.8) is 0 Å². The second-order valence-corrected chi connectivity index (χ2v) is 3.59. The molecule has 0 aromatic heterocycles. The molecule has 0 heterocycles. The van der Waals surface area contributed by atoms with Crippen LogP contribution in [0, 0.1) is 0 Å². The number of nitrogens with one attached hydrogen (secondary N) is 1. The maximum Gasteiger partial charge on any atom is 0.471 e. The van der Waals surface area contributed by atoms with Crippen molar-refractivity contribution < 1.29 is 18.0 Å². The molecule has 0 unspecified atom stereocenters. The molecule has 0 fully saturated rings. The Kier molecular flexibility index (Phi) is 3.75. The maximum atomic E-state index is 11.8. The summed E-state index contributed by atoms with van der Waals surface area (Å²) in [7, 11) is 0. The summed E-state index contributed by atoms with van der Waals surface area (Å²) < 4.78 is 35.4. The first-order chi connectivity index (χ1) is 5.69. The van der Waals surface area contributed by atoms with Crippen molar-refractivity contribution in [3.8, 4) is 0 Å². The molecule has 0 aliphatic heterocycles. The van der Waals surface area contributed by atoms with Crippen LogP contribution in [-0.4, -0.2) is 17.6 Å². The molecular weight excluding hydrogens is 183 g/mol. The third-order valence-electron chi connectivity index (χ3n) is 1.58. The number of carbonyl (C=O) groups excluding carboxylic acids is 1. The molecule has 0 aliphatic carbocycles. The Balaban J connectivity index is 4.20. The van der Waals surface area contributed by atoms with Crippen molar-refractivity contribution in [2.24, 2.45) is 0 Å². The summed E-state index contributed by atoms with van der Waals surface area (Å²) in [5, 5.41) is 1.93. The molecule has 2 nitrogen and oxygen atoms in total. The van der Waals surface area contributed by atoms with Gasteiger partial charge in [-0.1, -0.05) is 13.3 Å². The van der Waals surface area contributed by atoms with E-state index in [1.807, 2.05) is 12.2 Å². The average molecular weight is 197 g/mol. The van der Waals surface area contributed by atoms with E-state index >= 15 is 0 Å². The Bertz CT molecular complexity index is 186. The third-order valence-corrected chi connectivity index (χ3v) is 1.58. The maximum absolute atomic E-state index is 11.8. The first kappa shape index (κ1) is 12.3. The van der Waals surface area contributed by atoms with Crippen LogP contribution in [0.25, 0.3) is 0 Å². The minimum Gasteiger partial charge on any atom is -0.343 e. The standard InChI is InChI=1S/C8H14F3NO/c1-4-5-7(2,3)12-6(13)8(9,10)11/h4-5H2,1-3H3,(H,12,13). The van der Waals surface area contributed by atoms with E-state index in [1.54, 1.807) is 13.8 Å². The summed E-state index contributed by atoms with van der Waals surface area (Å²) in [5.41, 5.74) is -0.790. The number of halogens is 3. The molecule has 0 rings (SSSR count). The molecule has 0 aromatic carbocycles. The van der Waals surface area contributed by atoms with E-state index < -0.39 is 17.6 Å². The van der Waals surface area contributed by atoms with Gasteiger partial charge in [0.2, 0.25) is 0 Å². The van der Waals surface area contributed by atoms with Gasteiger partial charge in [0.1, 0.15) is 0 Å². The van der Waals surface area contributed by atoms with Gasteiger partial charge in [-0.25, -0.2) is 0 Å². The van der Waals surface area contributed by atoms with Crippen LogP contribution in [0.15, 0.2) is 0 Å². The molecule has 0 spiro atoms. The highest BCUT2D eigenvalue weighted by atomic mass is 19.4. The van der Waals surface area contributed by atoms with E-state index in [-0.39, 0.29) is 0 Å². The lowest BCUT2D eigenvalue weighted by molar-refractivity contribution is -0.175. The van der Waals surface area contributed by atoms with Crippen molar-refractivity contribution in [3.05, 3.63) is 0 Å². The van der Waals surface area contributed by atoms with Crippen molar-refractivity contribution in [2.75, 3.05) is 0 Å². The zero-order valence-corrected chi connectivity index (χ0v) is 7.96. The molecule has 13 heavy (non-hydrogen) atoms. The normalized spacial score (nSPS) is 12.8. The molecule has 0 saturated heterocycles. The molecule has 0 bridgehead atoms. The van der Waals surface area contributed by atoms with E-state index in [2.05, 4.69) is 0 Å². The van der Waals surface area contributed by atoms with Crippen LogP contribution in [0.3, 0.4) is 0 Å². The second kappa shape index (κ2) is 3.98. The summed E-state index contributed by atoms with van der Waals surface area (Å²) in [4.78, 5) is 10.5. The number of alkyl halides is 3. The van der Waals surface area contributed by atoms with Crippen LogP contribution in [0.2, 0.25) is 0 Å². The fraction of sp³-hybridized carbons (Fsp3) is 0.875. The number of hydrogen-bond donors (Lipinski definition) is 1. The van der Waals surface area contributed by atoms with E-state index in [0.717, 1.165) is 6.42 Å². The van der Waals surface area contributed by atoms with Gasteiger partial charge in [-0.2, -0.15) is 13.2 Å². The highest BCUT2D eigenvalue weighted by Crippen LogP contribution is 2.18. The van der Waals surface area contributed by atoms with E-state index in [0.29, 0.717) is 6.42 Å². The third kappa shape index (κ3) is 4.75. The van der Waals surface area contributed by atoms with Gasteiger partial charge < -0.3 is 5.32 Å². The molecular formula is C8H14F3NO. The fourth-order valence-electron chi connectivity index (χ4n) is 1.07. The van der Waals surface area contributed by atoms with Gasteiger partial charge in [-0.15, -0.1) is 0 Å². The number of hydrogen-bond acceptors (Lipinski definition) is 1. The lowest BCUT2D eigenvalue weighted by atomic mass is 9.99.